The summed E-state index contributed by atoms with van der Waals surface area (Å²) in [5.74, 6) is -0.746. The van der Waals surface area contributed by atoms with E-state index in [9.17, 15) is 9.59 Å². The van der Waals surface area contributed by atoms with Crippen molar-refractivity contribution in [2.24, 2.45) is 0 Å². The van der Waals surface area contributed by atoms with Crippen molar-refractivity contribution in [1.29, 1.82) is 0 Å². The lowest BCUT2D eigenvalue weighted by atomic mass is 10.0. The number of para-hydroxylation sites is 1. The first-order valence-corrected chi connectivity index (χ1v) is 8.91. The topological polar surface area (TPSA) is 84.2 Å². The van der Waals surface area contributed by atoms with Gasteiger partial charge >= 0.3 is 5.91 Å². The van der Waals surface area contributed by atoms with E-state index in [4.69, 9.17) is 4.42 Å². The lowest BCUT2D eigenvalue weighted by Gasteiger charge is -2.10. The maximum absolute atomic E-state index is 12.7. The van der Waals surface area contributed by atoms with Crippen LogP contribution in [0.25, 0.3) is 21.9 Å². The second-order valence-electron chi connectivity index (χ2n) is 6.79. The number of hydrogen-bond acceptors (Lipinski definition) is 4. The molecule has 0 saturated heterocycles. The Labute approximate surface area is 161 Å². The van der Waals surface area contributed by atoms with Crippen molar-refractivity contribution in [1.82, 2.24) is 15.8 Å². The molecule has 0 aliphatic carbocycles. The van der Waals surface area contributed by atoms with Crippen LogP contribution in [0.3, 0.4) is 0 Å². The van der Waals surface area contributed by atoms with Gasteiger partial charge in [-0.25, -0.2) is 0 Å². The Kier molecular flexibility index (Phi) is 4.31. The molecule has 2 amide bonds. The molecule has 0 bridgehead atoms. The number of hydrogen-bond donors (Lipinski definition) is 2. The van der Waals surface area contributed by atoms with Crippen LogP contribution in [0.1, 0.15) is 37.7 Å². The van der Waals surface area contributed by atoms with Crippen molar-refractivity contribution in [3.8, 4) is 0 Å². The van der Waals surface area contributed by atoms with Gasteiger partial charge in [0.2, 0.25) is 0 Å². The summed E-state index contributed by atoms with van der Waals surface area (Å²) in [6.07, 6.45) is 0. The Bertz CT molecular complexity index is 1240. The molecule has 140 valence electrons. The highest BCUT2D eigenvalue weighted by atomic mass is 16.3. The van der Waals surface area contributed by atoms with E-state index < -0.39 is 11.8 Å². The van der Waals surface area contributed by atoms with Crippen LogP contribution in [-0.2, 0) is 0 Å². The van der Waals surface area contributed by atoms with Crippen LogP contribution < -0.4 is 10.9 Å². The number of amides is 2. The van der Waals surface area contributed by atoms with E-state index in [0.717, 1.165) is 33.1 Å². The number of aromatic nitrogens is 1. The maximum Gasteiger partial charge on any atom is 0.305 e. The van der Waals surface area contributed by atoms with Crippen LogP contribution in [0.15, 0.2) is 52.9 Å². The molecule has 6 nitrogen and oxygen atoms in total. The molecule has 2 N–H and O–H groups in total. The molecule has 0 fully saturated rings. The van der Waals surface area contributed by atoms with Crippen molar-refractivity contribution in [3.05, 3.63) is 76.7 Å². The van der Waals surface area contributed by atoms with E-state index in [-0.39, 0.29) is 5.76 Å². The molecule has 0 atom stereocenters. The standard InChI is InChI=1S/C22H19N3O3/c1-12-8-9-18-16(10-12)17(11-13(2)23-18)21(26)24-25-22(27)20-14(3)15-6-4-5-7-19(15)28-20/h4-11H,1-3H3,(H,24,26)(H,25,27). The lowest BCUT2D eigenvalue weighted by Crippen LogP contribution is -2.41. The molecule has 0 radical (unpaired) electrons. The van der Waals surface area contributed by atoms with Gasteiger partial charge in [-0.05, 0) is 45.0 Å². The Morgan fingerprint density at radius 1 is 0.893 bits per heavy atom. The average molecular weight is 373 g/mol. The van der Waals surface area contributed by atoms with Gasteiger partial charge in [0.05, 0.1) is 11.1 Å². The Morgan fingerprint density at radius 2 is 1.64 bits per heavy atom. The third-order valence-corrected chi connectivity index (χ3v) is 4.68. The second kappa shape index (κ2) is 6.81. The third kappa shape index (κ3) is 3.09. The van der Waals surface area contributed by atoms with Gasteiger partial charge in [-0.3, -0.25) is 25.4 Å². The number of benzene rings is 2. The number of nitrogens with zero attached hydrogens (tertiary/aromatic N) is 1. The predicted octanol–water partition coefficient (Wildman–Crippen LogP) is 3.98. The predicted molar refractivity (Wildman–Crippen MR) is 107 cm³/mol. The van der Waals surface area contributed by atoms with Gasteiger partial charge in [-0.1, -0.05) is 29.8 Å². The molecule has 28 heavy (non-hydrogen) atoms. The quantitative estimate of drug-likeness (QED) is 0.521. The number of pyridine rings is 1. The summed E-state index contributed by atoms with van der Waals surface area (Å²) in [5, 5.41) is 1.60. The minimum Gasteiger partial charge on any atom is -0.451 e. The molecule has 0 unspecified atom stereocenters. The number of hydrazine groups is 1. The molecule has 4 rings (SSSR count). The van der Waals surface area contributed by atoms with Crippen molar-refractivity contribution < 1.29 is 14.0 Å². The van der Waals surface area contributed by atoms with E-state index in [1.807, 2.05) is 57.2 Å². The molecule has 0 aliphatic rings. The van der Waals surface area contributed by atoms with Crippen LogP contribution in [0.2, 0.25) is 0 Å². The van der Waals surface area contributed by atoms with E-state index in [0.29, 0.717) is 11.1 Å². The summed E-state index contributed by atoms with van der Waals surface area (Å²) < 4.78 is 5.63. The first-order valence-electron chi connectivity index (χ1n) is 8.91. The molecule has 2 heterocycles. The van der Waals surface area contributed by atoms with E-state index in [1.165, 1.54) is 0 Å². The van der Waals surface area contributed by atoms with Gasteiger partial charge in [-0.15, -0.1) is 0 Å². The maximum atomic E-state index is 12.7. The molecular formula is C22H19N3O3. The highest BCUT2D eigenvalue weighted by molar-refractivity contribution is 6.07. The number of carbonyl (C=O) groups excluding carboxylic acids is 2. The van der Waals surface area contributed by atoms with Crippen molar-refractivity contribution in [2.45, 2.75) is 20.8 Å². The monoisotopic (exact) mass is 373 g/mol. The molecule has 0 saturated carbocycles. The molecule has 2 aromatic heterocycles. The number of nitrogens with one attached hydrogen (secondary N) is 2. The first kappa shape index (κ1) is 17.7. The summed E-state index contributed by atoms with van der Waals surface area (Å²) in [5.41, 5.74) is 9.21. The smallest absolute Gasteiger partial charge is 0.305 e. The molecular weight excluding hydrogens is 354 g/mol. The molecule has 4 aromatic rings. The summed E-state index contributed by atoms with van der Waals surface area (Å²) in [6, 6.07) is 14.8. The zero-order valence-electron chi connectivity index (χ0n) is 15.8. The van der Waals surface area contributed by atoms with Crippen LogP contribution in [0, 0.1) is 20.8 Å². The fourth-order valence-corrected chi connectivity index (χ4v) is 3.29. The van der Waals surface area contributed by atoms with Gasteiger partial charge in [0.15, 0.2) is 5.76 Å². The highest BCUT2D eigenvalue weighted by Crippen LogP contribution is 2.24. The molecule has 0 spiro atoms. The highest BCUT2D eigenvalue weighted by Gasteiger charge is 2.19. The number of furan rings is 1. The summed E-state index contributed by atoms with van der Waals surface area (Å²) in [7, 11) is 0. The van der Waals surface area contributed by atoms with Crippen LogP contribution in [0.4, 0.5) is 0 Å². The zero-order valence-corrected chi connectivity index (χ0v) is 15.8. The van der Waals surface area contributed by atoms with Crippen molar-refractivity contribution >= 4 is 33.7 Å². The third-order valence-electron chi connectivity index (χ3n) is 4.68. The SMILES string of the molecule is Cc1ccc2nc(C)cc(C(=O)NNC(=O)c3oc4ccccc4c3C)c2c1. The van der Waals surface area contributed by atoms with Crippen LogP contribution >= 0.6 is 0 Å². The summed E-state index contributed by atoms with van der Waals surface area (Å²) >= 11 is 0. The summed E-state index contributed by atoms with van der Waals surface area (Å²) in [4.78, 5) is 29.7. The average Bonchev–Trinajstić information content (AvgIpc) is 3.02. The summed E-state index contributed by atoms with van der Waals surface area (Å²) in [6.45, 7) is 5.59. The van der Waals surface area contributed by atoms with Crippen LogP contribution in [-0.4, -0.2) is 16.8 Å². The van der Waals surface area contributed by atoms with Crippen molar-refractivity contribution in [3.63, 3.8) is 0 Å². The number of aryl methyl sites for hydroxylation is 3. The molecule has 2 aromatic carbocycles. The van der Waals surface area contributed by atoms with E-state index >= 15 is 0 Å². The fourth-order valence-electron chi connectivity index (χ4n) is 3.29. The number of carbonyl (C=O) groups is 2. The van der Waals surface area contributed by atoms with Gasteiger partial charge in [0.25, 0.3) is 5.91 Å². The normalized spacial score (nSPS) is 11.0. The second-order valence-corrected chi connectivity index (χ2v) is 6.79. The molecule has 0 aliphatic heterocycles. The zero-order chi connectivity index (χ0) is 19.8. The molecule has 6 heteroatoms. The first-order chi connectivity index (χ1) is 13.4. The largest absolute Gasteiger partial charge is 0.451 e. The van der Waals surface area contributed by atoms with Crippen LogP contribution in [0.5, 0.6) is 0 Å². The Balaban J connectivity index is 1.59. The fraction of sp³-hybridized carbons (Fsp3) is 0.136. The Morgan fingerprint density at radius 3 is 2.43 bits per heavy atom. The Hall–Kier alpha value is -3.67. The minimum atomic E-state index is -0.506. The van der Waals surface area contributed by atoms with Gasteiger partial charge in [-0.2, -0.15) is 0 Å². The van der Waals surface area contributed by atoms with Gasteiger partial charge < -0.3 is 4.42 Å². The minimum absolute atomic E-state index is 0.174. The van der Waals surface area contributed by atoms with Gasteiger partial charge in [0, 0.05) is 22.0 Å². The number of rotatable bonds is 2. The van der Waals surface area contributed by atoms with Gasteiger partial charge in [0.1, 0.15) is 5.58 Å². The lowest BCUT2D eigenvalue weighted by molar-refractivity contribution is 0.0832. The van der Waals surface area contributed by atoms with E-state index in [2.05, 4.69) is 15.8 Å². The van der Waals surface area contributed by atoms with Crippen molar-refractivity contribution in [2.75, 3.05) is 0 Å². The number of fused-ring (bicyclic) bond motifs is 2. The van der Waals surface area contributed by atoms with E-state index in [1.54, 1.807) is 12.1 Å².